The molecular formula is C14H17NO2S. The third-order valence-corrected chi connectivity index (χ3v) is 4.82. The smallest absolute Gasteiger partial charge is 0.268 e. The van der Waals surface area contributed by atoms with E-state index >= 15 is 0 Å². The number of rotatable bonds is 2. The van der Waals surface area contributed by atoms with Gasteiger partial charge in [-0.2, -0.15) is 0 Å². The topological polar surface area (TPSA) is 42.2 Å². The molecule has 1 aromatic heterocycles. The molecule has 1 fully saturated rings. The van der Waals surface area contributed by atoms with E-state index in [4.69, 9.17) is 0 Å². The highest BCUT2D eigenvalue weighted by Crippen LogP contribution is 2.26. The van der Waals surface area contributed by atoms with Crippen molar-refractivity contribution in [2.24, 2.45) is 5.92 Å². The van der Waals surface area contributed by atoms with Gasteiger partial charge in [0.2, 0.25) is 0 Å². The Balaban J connectivity index is 1.86. The lowest BCUT2D eigenvalue weighted by atomic mass is 9.87. The zero-order valence-electron chi connectivity index (χ0n) is 10.2. The van der Waals surface area contributed by atoms with Crippen LogP contribution >= 0.6 is 11.5 Å². The van der Waals surface area contributed by atoms with Crippen molar-refractivity contribution in [3.05, 3.63) is 34.6 Å². The lowest BCUT2D eigenvalue weighted by Gasteiger charge is -2.25. The molecule has 0 amide bonds. The van der Waals surface area contributed by atoms with E-state index in [9.17, 15) is 9.90 Å². The molecule has 4 heteroatoms. The van der Waals surface area contributed by atoms with Crippen LogP contribution < -0.4 is 5.56 Å². The van der Waals surface area contributed by atoms with Gasteiger partial charge >= 0.3 is 0 Å². The summed E-state index contributed by atoms with van der Waals surface area (Å²) in [6.45, 7) is 0.759. The fraction of sp³-hybridized carbons (Fsp3) is 0.500. The summed E-state index contributed by atoms with van der Waals surface area (Å²) in [7, 11) is 0. The summed E-state index contributed by atoms with van der Waals surface area (Å²) in [6, 6.07) is 7.76. The van der Waals surface area contributed by atoms with Crippen molar-refractivity contribution in [1.29, 1.82) is 0 Å². The number of hydrogen-bond acceptors (Lipinski definition) is 3. The number of benzene rings is 1. The van der Waals surface area contributed by atoms with E-state index in [0.717, 1.165) is 42.3 Å². The minimum atomic E-state index is -0.172. The van der Waals surface area contributed by atoms with Gasteiger partial charge in [0.1, 0.15) is 0 Å². The zero-order chi connectivity index (χ0) is 12.5. The number of aliphatic hydroxyl groups excluding tert-OH is 1. The summed E-state index contributed by atoms with van der Waals surface area (Å²) in [5.41, 5.74) is 0.121. The van der Waals surface area contributed by atoms with Crippen molar-refractivity contribution in [2.75, 3.05) is 0 Å². The van der Waals surface area contributed by atoms with Crippen LogP contribution in [0.1, 0.15) is 25.7 Å². The standard InChI is InChI=1S/C14H17NO2S/c16-11-5-3-4-10(8-11)9-15-14(17)12-6-1-2-7-13(12)18-15/h1-2,6-7,10-11,16H,3-5,8-9H2. The van der Waals surface area contributed by atoms with E-state index in [-0.39, 0.29) is 11.7 Å². The van der Waals surface area contributed by atoms with Crippen LogP contribution in [-0.4, -0.2) is 15.2 Å². The molecule has 1 N–H and O–H groups in total. The Morgan fingerprint density at radius 1 is 1.33 bits per heavy atom. The maximum Gasteiger partial charge on any atom is 0.268 e. The number of aliphatic hydroxyl groups is 1. The lowest BCUT2D eigenvalue weighted by molar-refractivity contribution is 0.0961. The van der Waals surface area contributed by atoms with Gasteiger partial charge in [-0.05, 0) is 37.3 Å². The van der Waals surface area contributed by atoms with Gasteiger partial charge in [0.05, 0.1) is 16.2 Å². The molecule has 0 radical (unpaired) electrons. The molecule has 3 rings (SSSR count). The van der Waals surface area contributed by atoms with Crippen LogP contribution in [0.15, 0.2) is 29.1 Å². The predicted octanol–water partition coefficient (Wildman–Crippen LogP) is 2.61. The quantitative estimate of drug-likeness (QED) is 0.905. The third kappa shape index (κ3) is 2.22. The summed E-state index contributed by atoms with van der Waals surface area (Å²) < 4.78 is 2.91. The van der Waals surface area contributed by atoms with Gasteiger partial charge in [-0.25, -0.2) is 0 Å². The molecule has 2 aromatic rings. The summed E-state index contributed by atoms with van der Waals surface area (Å²) in [6.07, 6.45) is 3.77. The van der Waals surface area contributed by atoms with Crippen molar-refractivity contribution in [2.45, 2.75) is 38.3 Å². The molecule has 0 saturated heterocycles. The molecule has 1 aromatic carbocycles. The molecule has 2 atom stereocenters. The van der Waals surface area contributed by atoms with Crippen molar-refractivity contribution in [3.63, 3.8) is 0 Å². The first-order valence-electron chi connectivity index (χ1n) is 6.51. The largest absolute Gasteiger partial charge is 0.393 e. The normalized spacial score (nSPS) is 24.5. The van der Waals surface area contributed by atoms with Crippen LogP contribution in [0.25, 0.3) is 10.1 Å². The Labute approximate surface area is 110 Å². The maximum atomic E-state index is 12.2. The van der Waals surface area contributed by atoms with Gasteiger partial charge in [-0.15, -0.1) is 0 Å². The second-order valence-electron chi connectivity index (χ2n) is 5.14. The number of aromatic nitrogens is 1. The minimum absolute atomic E-state index is 0.121. The first-order valence-corrected chi connectivity index (χ1v) is 7.28. The first-order chi connectivity index (χ1) is 8.74. The van der Waals surface area contributed by atoms with Crippen LogP contribution in [0.4, 0.5) is 0 Å². The van der Waals surface area contributed by atoms with Crippen LogP contribution in [0, 0.1) is 5.92 Å². The fourth-order valence-electron chi connectivity index (χ4n) is 2.80. The molecule has 2 unspecified atom stereocenters. The highest BCUT2D eigenvalue weighted by molar-refractivity contribution is 7.13. The van der Waals surface area contributed by atoms with Gasteiger partial charge in [0, 0.05) is 6.54 Å². The van der Waals surface area contributed by atoms with E-state index in [1.165, 1.54) is 0 Å². The Hall–Kier alpha value is -1.13. The van der Waals surface area contributed by atoms with Crippen LogP contribution in [-0.2, 0) is 6.54 Å². The van der Waals surface area contributed by atoms with Crippen molar-refractivity contribution in [1.82, 2.24) is 3.96 Å². The highest BCUT2D eigenvalue weighted by Gasteiger charge is 2.21. The maximum absolute atomic E-state index is 12.2. The van der Waals surface area contributed by atoms with E-state index in [2.05, 4.69) is 0 Å². The Morgan fingerprint density at radius 2 is 2.17 bits per heavy atom. The van der Waals surface area contributed by atoms with E-state index < -0.39 is 0 Å². The summed E-state index contributed by atoms with van der Waals surface area (Å²) in [4.78, 5) is 12.2. The molecule has 18 heavy (non-hydrogen) atoms. The van der Waals surface area contributed by atoms with Gasteiger partial charge < -0.3 is 5.11 Å². The molecule has 1 aliphatic carbocycles. The summed E-state index contributed by atoms with van der Waals surface area (Å²) >= 11 is 1.54. The van der Waals surface area contributed by atoms with Crippen LogP contribution in [0.5, 0.6) is 0 Å². The minimum Gasteiger partial charge on any atom is -0.393 e. The summed E-state index contributed by atoms with van der Waals surface area (Å²) in [5.74, 6) is 0.444. The predicted molar refractivity (Wildman–Crippen MR) is 74.0 cm³/mol. The van der Waals surface area contributed by atoms with E-state index in [1.54, 1.807) is 11.5 Å². The fourth-order valence-corrected chi connectivity index (χ4v) is 3.90. The van der Waals surface area contributed by atoms with E-state index in [1.807, 2.05) is 28.2 Å². The molecule has 0 bridgehead atoms. The van der Waals surface area contributed by atoms with Crippen molar-refractivity contribution >= 4 is 21.6 Å². The zero-order valence-corrected chi connectivity index (χ0v) is 11.0. The monoisotopic (exact) mass is 263 g/mol. The average molecular weight is 263 g/mol. The number of hydrogen-bond donors (Lipinski definition) is 1. The van der Waals surface area contributed by atoms with Crippen molar-refractivity contribution < 1.29 is 5.11 Å². The molecule has 96 valence electrons. The van der Waals surface area contributed by atoms with Crippen LogP contribution in [0.2, 0.25) is 0 Å². The van der Waals surface area contributed by atoms with Crippen molar-refractivity contribution in [3.8, 4) is 0 Å². The third-order valence-electron chi connectivity index (χ3n) is 3.73. The Morgan fingerprint density at radius 3 is 2.94 bits per heavy atom. The van der Waals surface area contributed by atoms with Gasteiger partial charge in [0.15, 0.2) is 0 Å². The van der Waals surface area contributed by atoms with Gasteiger partial charge in [-0.3, -0.25) is 8.75 Å². The van der Waals surface area contributed by atoms with Gasteiger partial charge in [0.25, 0.3) is 5.56 Å². The highest BCUT2D eigenvalue weighted by atomic mass is 32.1. The molecular weight excluding hydrogens is 246 g/mol. The van der Waals surface area contributed by atoms with Gasteiger partial charge in [-0.1, -0.05) is 30.1 Å². The number of fused-ring (bicyclic) bond motifs is 1. The average Bonchev–Trinajstić information content (AvgIpc) is 2.67. The second-order valence-corrected chi connectivity index (χ2v) is 6.20. The molecule has 0 spiro atoms. The van der Waals surface area contributed by atoms with E-state index in [0.29, 0.717) is 5.92 Å². The Bertz CT molecular complexity index is 601. The SMILES string of the molecule is O=c1c2ccccc2sn1CC1CCCC(O)C1. The molecule has 1 aliphatic rings. The molecule has 0 aliphatic heterocycles. The summed E-state index contributed by atoms with van der Waals surface area (Å²) in [5, 5.41) is 10.5. The molecule has 1 saturated carbocycles. The second kappa shape index (κ2) is 4.86. The molecule has 1 heterocycles. The first kappa shape index (κ1) is 11.9. The Kier molecular flexibility index (Phi) is 3.22. The van der Waals surface area contributed by atoms with Crippen LogP contribution in [0.3, 0.4) is 0 Å². The molecule has 3 nitrogen and oxygen atoms in total. The number of nitrogens with zero attached hydrogens (tertiary/aromatic N) is 1. The lowest BCUT2D eigenvalue weighted by Crippen LogP contribution is -2.25.